The molecule has 0 spiro atoms. The molecule has 4 heterocycles. The number of nitriles is 1. The van der Waals surface area contributed by atoms with Gasteiger partial charge in [-0.15, -0.1) is 0 Å². The van der Waals surface area contributed by atoms with Gasteiger partial charge in [0.25, 0.3) is 0 Å². The van der Waals surface area contributed by atoms with Gasteiger partial charge in [-0.05, 0) is 57.4 Å². The molecule has 2 N–H and O–H groups in total. The van der Waals surface area contributed by atoms with Crippen LogP contribution in [0.5, 0.6) is 23.0 Å². The van der Waals surface area contributed by atoms with Gasteiger partial charge in [-0.3, -0.25) is 14.6 Å². The molecule has 0 aromatic heterocycles. The summed E-state index contributed by atoms with van der Waals surface area (Å²) in [6, 6.07) is 3.59. The fourth-order valence-electron chi connectivity index (χ4n) is 7.59. The van der Waals surface area contributed by atoms with Gasteiger partial charge < -0.3 is 29.4 Å². The van der Waals surface area contributed by atoms with E-state index in [0.29, 0.717) is 29.9 Å². The number of phenolic OH excluding ortho intramolecular Hbond substituents is 1. The molecule has 2 aromatic carbocycles. The number of aromatic hydroxyl groups is 1. The first-order valence-electron chi connectivity index (χ1n) is 14.7. The number of rotatable bonds is 6. The number of carbonyl (C=O) groups is 1. The van der Waals surface area contributed by atoms with Gasteiger partial charge in [-0.25, -0.2) is 0 Å². The number of ether oxygens (including phenoxy) is 4. The van der Waals surface area contributed by atoms with E-state index in [1.54, 1.807) is 7.11 Å². The SMILES string of the molecule is COCOc1c(C)c(C)cc2c1[C@@H]1C3Cc4c(O)c(C)c5c(c4[C@H](CNC(=O)C(C)C)N3[C@@H](C#N)[C@H](C2)N1C)OCO5. The first-order chi connectivity index (χ1) is 20.1. The summed E-state index contributed by atoms with van der Waals surface area (Å²) in [6.07, 6.45) is 1.17. The van der Waals surface area contributed by atoms with Crippen LogP contribution in [0.1, 0.15) is 64.9 Å². The zero-order chi connectivity index (χ0) is 30.0. The van der Waals surface area contributed by atoms with Crippen molar-refractivity contribution < 1.29 is 28.8 Å². The van der Waals surface area contributed by atoms with Crippen molar-refractivity contribution in [2.45, 2.75) is 77.7 Å². The fraction of sp³-hybridized carbons (Fsp3) is 0.562. The predicted molar refractivity (Wildman–Crippen MR) is 155 cm³/mol. The average molecular weight is 577 g/mol. The second-order valence-corrected chi connectivity index (χ2v) is 12.3. The number of aryl methyl sites for hydroxylation is 1. The molecule has 1 amide bonds. The van der Waals surface area contributed by atoms with E-state index in [1.165, 1.54) is 5.56 Å². The lowest BCUT2D eigenvalue weighted by Gasteiger charge is -2.60. The van der Waals surface area contributed by atoms with E-state index in [4.69, 9.17) is 18.9 Å². The third-order valence-electron chi connectivity index (χ3n) is 9.75. The van der Waals surface area contributed by atoms with Gasteiger partial charge in [-0.1, -0.05) is 19.9 Å². The number of fused-ring (bicyclic) bond motifs is 9. The van der Waals surface area contributed by atoms with Crippen molar-refractivity contribution in [1.82, 2.24) is 15.1 Å². The van der Waals surface area contributed by atoms with Crippen LogP contribution in [-0.4, -0.2) is 73.2 Å². The van der Waals surface area contributed by atoms with E-state index < -0.39 is 12.1 Å². The smallest absolute Gasteiger partial charge is 0.231 e. The highest BCUT2D eigenvalue weighted by Crippen LogP contribution is 2.57. The van der Waals surface area contributed by atoms with Crippen molar-refractivity contribution in [3.05, 3.63) is 45.0 Å². The van der Waals surface area contributed by atoms with Crippen LogP contribution >= 0.6 is 0 Å². The fourth-order valence-corrected chi connectivity index (χ4v) is 7.59. The summed E-state index contributed by atoms with van der Waals surface area (Å²) in [5.41, 5.74) is 6.69. The quantitative estimate of drug-likeness (QED) is 0.498. The molecule has 2 aromatic rings. The van der Waals surface area contributed by atoms with Crippen molar-refractivity contribution in [2.75, 3.05) is 34.3 Å². The van der Waals surface area contributed by atoms with Crippen molar-refractivity contribution in [3.63, 3.8) is 0 Å². The highest BCUT2D eigenvalue weighted by Gasteiger charge is 2.56. The molecule has 10 nitrogen and oxygen atoms in total. The zero-order valence-corrected chi connectivity index (χ0v) is 25.4. The maximum Gasteiger partial charge on any atom is 0.231 e. The lowest BCUT2D eigenvalue weighted by Crippen LogP contribution is -2.68. The Bertz CT molecular complexity index is 1480. The van der Waals surface area contributed by atoms with E-state index in [2.05, 4.69) is 48.1 Å². The Balaban J connectivity index is 1.57. The molecule has 42 heavy (non-hydrogen) atoms. The van der Waals surface area contributed by atoms with E-state index in [1.807, 2.05) is 20.8 Å². The number of likely N-dealkylation sites (N-methyl/N-ethyl adjacent to an activating group) is 1. The predicted octanol–water partition coefficient (Wildman–Crippen LogP) is 3.57. The van der Waals surface area contributed by atoms with Crippen LogP contribution in [0, 0.1) is 38.0 Å². The molecule has 4 aliphatic rings. The molecule has 224 valence electrons. The van der Waals surface area contributed by atoms with Crippen LogP contribution in [0.15, 0.2) is 6.07 Å². The Morgan fingerprint density at radius 3 is 2.60 bits per heavy atom. The van der Waals surface area contributed by atoms with Crippen LogP contribution in [0.3, 0.4) is 0 Å². The van der Waals surface area contributed by atoms with E-state index in [0.717, 1.165) is 33.6 Å². The minimum absolute atomic E-state index is 0.0580. The van der Waals surface area contributed by atoms with Gasteiger partial charge >= 0.3 is 0 Å². The Labute approximate surface area is 247 Å². The van der Waals surface area contributed by atoms with E-state index in [9.17, 15) is 15.2 Å². The molecular weight excluding hydrogens is 536 g/mol. The first-order valence-corrected chi connectivity index (χ1v) is 14.7. The molecule has 0 radical (unpaired) electrons. The van der Waals surface area contributed by atoms with Crippen molar-refractivity contribution in [2.24, 2.45) is 5.92 Å². The summed E-state index contributed by atoms with van der Waals surface area (Å²) in [7, 11) is 3.70. The van der Waals surface area contributed by atoms with Crippen LogP contribution in [0.2, 0.25) is 0 Å². The minimum Gasteiger partial charge on any atom is -0.507 e. The standard InChI is InChI=1S/C32H40N4O6/c1-15(2)32(38)34-12-24-26-20(28(37)18(5)30-31(26)42-14-41-30)10-22-27-25-19(8-16(3)17(4)29(25)40-13-39-7)9-21(35(27)6)23(11-33)36(22)24/h8,15,21-24,27,37H,9-10,12-14H2,1-7H3,(H,34,38)/t21-,22?,23-,24-,27-/m0/s1. The number of nitrogens with one attached hydrogen (secondary N) is 1. The number of hydrogen-bond donors (Lipinski definition) is 2. The van der Waals surface area contributed by atoms with Gasteiger partial charge in [0, 0.05) is 53.9 Å². The molecule has 1 fully saturated rings. The monoisotopic (exact) mass is 576 g/mol. The Morgan fingerprint density at radius 2 is 1.90 bits per heavy atom. The number of hydrogen-bond acceptors (Lipinski definition) is 9. The van der Waals surface area contributed by atoms with Crippen molar-refractivity contribution >= 4 is 5.91 Å². The Hall–Kier alpha value is -3.52. The summed E-state index contributed by atoms with van der Waals surface area (Å²) in [6.45, 7) is 10.2. The zero-order valence-electron chi connectivity index (χ0n) is 25.4. The van der Waals surface area contributed by atoms with Crippen LogP contribution in [-0.2, 0) is 22.4 Å². The molecule has 4 aliphatic heterocycles. The molecular formula is C32H40N4O6. The minimum atomic E-state index is -0.468. The van der Waals surface area contributed by atoms with E-state index >= 15 is 0 Å². The summed E-state index contributed by atoms with van der Waals surface area (Å²) in [5.74, 6) is 1.85. The number of piperazine rings is 1. The molecule has 5 atom stereocenters. The van der Waals surface area contributed by atoms with Gasteiger partial charge in [0.05, 0.1) is 18.2 Å². The third kappa shape index (κ3) is 4.13. The molecule has 1 unspecified atom stereocenters. The van der Waals surface area contributed by atoms with Crippen molar-refractivity contribution in [1.29, 1.82) is 5.26 Å². The Morgan fingerprint density at radius 1 is 1.17 bits per heavy atom. The summed E-state index contributed by atoms with van der Waals surface area (Å²) >= 11 is 0. The number of benzene rings is 2. The molecule has 6 rings (SSSR count). The number of amides is 1. The molecule has 10 heteroatoms. The topological polar surface area (TPSA) is 117 Å². The largest absolute Gasteiger partial charge is 0.507 e. The third-order valence-corrected chi connectivity index (χ3v) is 9.75. The second-order valence-electron chi connectivity index (χ2n) is 12.3. The summed E-state index contributed by atoms with van der Waals surface area (Å²) in [4.78, 5) is 17.4. The first kappa shape index (κ1) is 28.6. The highest BCUT2D eigenvalue weighted by atomic mass is 16.7. The van der Waals surface area contributed by atoms with Crippen molar-refractivity contribution in [3.8, 4) is 29.1 Å². The van der Waals surface area contributed by atoms with Gasteiger partial charge in [0.1, 0.15) is 17.5 Å². The summed E-state index contributed by atoms with van der Waals surface area (Å²) in [5, 5.41) is 25.5. The van der Waals surface area contributed by atoms with Crippen LogP contribution in [0.4, 0.5) is 0 Å². The molecule has 0 saturated carbocycles. The number of methoxy groups -OCH3 is 1. The van der Waals surface area contributed by atoms with Gasteiger partial charge in [0.15, 0.2) is 18.3 Å². The normalized spacial score (nSPS) is 25.8. The number of phenols is 1. The van der Waals surface area contributed by atoms with E-state index in [-0.39, 0.29) is 55.8 Å². The summed E-state index contributed by atoms with van der Waals surface area (Å²) < 4.78 is 23.4. The number of nitrogens with zero attached hydrogens (tertiary/aromatic N) is 3. The Kier molecular flexibility index (Phi) is 7.24. The molecule has 0 aliphatic carbocycles. The average Bonchev–Trinajstić information content (AvgIpc) is 3.45. The van der Waals surface area contributed by atoms with Crippen LogP contribution < -0.4 is 19.5 Å². The lowest BCUT2D eigenvalue weighted by atomic mass is 9.71. The van der Waals surface area contributed by atoms with Crippen LogP contribution in [0.25, 0.3) is 0 Å². The highest BCUT2D eigenvalue weighted by molar-refractivity contribution is 5.78. The second kappa shape index (κ2) is 10.6. The molecule has 1 saturated heterocycles. The lowest BCUT2D eigenvalue weighted by molar-refractivity contribution is -0.125. The maximum absolute atomic E-state index is 12.9. The maximum atomic E-state index is 12.9. The van der Waals surface area contributed by atoms with Gasteiger partial charge in [0.2, 0.25) is 12.7 Å². The molecule has 2 bridgehead atoms. The van der Waals surface area contributed by atoms with Gasteiger partial charge in [-0.2, -0.15) is 5.26 Å². The number of carbonyl (C=O) groups excluding carboxylic acids is 1.